The number of carboxylic acid groups (broad SMARTS) is 1. The number of aryl methyl sites for hydroxylation is 1. The van der Waals surface area contributed by atoms with Gasteiger partial charge >= 0.3 is 5.97 Å². The van der Waals surface area contributed by atoms with Crippen LogP contribution in [0.1, 0.15) is 44.7 Å². The molecular weight excluding hydrogens is 380 g/mol. The molecule has 0 saturated carbocycles. The molecule has 1 aliphatic heterocycles. The van der Waals surface area contributed by atoms with Crippen LogP contribution in [-0.4, -0.2) is 43.4 Å². The fourth-order valence-corrected chi connectivity index (χ4v) is 4.65. The maximum atomic E-state index is 12.9. The fourth-order valence-electron chi connectivity index (χ4n) is 3.26. The van der Waals surface area contributed by atoms with E-state index in [1.165, 1.54) is 12.1 Å². The third kappa shape index (κ3) is 4.01. The molecule has 2 N–H and O–H groups in total. The monoisotopic (exact) mass is 402 g/mol. The maximum absolute atomic E-state index is 12.9. The lowest BCUT2D eigenvalue weighted by Gasteiger charge is -2.16. The summed E-state index contributed by atoms with van der Waals surface area (Å²) < 4.78 is 28.2. The molecule has 0 spiro atoms. The van der Waals surface area contributed by atoms with Gasteiger partial charge in [0.1, 0.15) is 0 Å². The van der Waals surface area contributed by atoms with Crippen LogP contribution in [0, 0.1) is 13.8 Å². The Kier molecular flexibility index (Phi) is 5.42. The summed E-state index contributed by atoms with van der Waals surface area (Å²) in [5.74, 6) is -1.32. The van der Waals surface area contributed by atoms with Gasteiger partial charge in [0, 0.05) is 24.3 Å². The highest BCUT2D eigenvalue weighted by Crippen LogP contribution is 2.25. The van der Waals surface area contributed by atoms with Crippen molar-refractivity contribution in [2.24, 2.45) is 0 Å². The average Bonchev–Trinajstić information content (AvgIpc) is 3.17. The summed E-state index contributed by atoms with van der Waals surface area (Å²) in [7, 11) is -4.02. The fraction of sp³-hybridized carbons (Fsp3) is 0.300. The second-order valence-electron chi connectivity index (χ2n) is 6.91. The zero-order chi connectivity index (χ0) is 20.5. The molecule has 1 amide bonds. The van der Waals surface area contributed by atoms with Crippen molar-refractivity contribution in [1.29, 1.82) is 0 Å². The normalized spacial score (nSPS) is 14.1. The first-order chi connectivity index (χ1) is 13.2. The minimum Gasteiger partial charge on any atom is -0.478 e. The molecule has 0 aliphatic carbocycles. The van der Waals surface area contributed by atoms with Crippen LogP contribution in [-0.2, 0) is 10.0 Å². The Balaban J connectivity index is 1.92. The molecule has 1 heterocycles. The van der Waals surface area contributed by atoms with Gasteiger partial charge in [-0.15, -0.1) is 0 Å². The Morgan fingerprint density at radius 1 is 1.04 bits per heavy atom. The van der Waals surface area contributed by atoms with Gasteiger partial charge in [-0.05, 0) is 68.1 Å². The lowest BCUT2D eigenvalue weighted by Crippen LogP contribution is -2.27. The maximum Gasteiger partial charge on any atom is 0.335 e. The van der Waals surface area contributed by atoms with Gasteiger partial charge in [0.25, 0.3) is 15.9 Å². The SMILES string of the molecule is Cc1cc(C(=O)O)cc(S(=O)(=O)Nc2cccc(C(=O)N3CCCC3)c2)c1C. The van der Waals surface area contributed by atoms with Gasteiger partial charge in [-0.25, -0.2) is 13.2 Å². The number of nitrogens with zero attached hydrogens (tertiary/aromatic N) is 1. The highest BCUT2D eigenvalue weighted by molar-refractivity contribution is 7.92. The molecule has 0 aromatic heterocycles. The van der Waals surface area contributed by atoms with Gasteiger partial charge in [-0.2, -0.15) is 0 Å². The van der Waals surface area contributed by atoms with Crippen molar-refractivity contribution < 1.29 is 23.1 Å². The van der Waals surface area contributed by atoms with Crippen molar-refractivity contribution in [2.45, 2.75) is 31.6 Å². The van der Waals surface area contributed by atoms with E-state index in [1.807, 2.05) is 0 Å². The predicted molar refractivity (Wildman–Crippen MR) is 105 cm³/mol. The van der Waals surface area contributed by atoms with Crippen molar-refractivity contribution in [3.05, 3.63) is 58.7 Å². The van der Waals surface area contributed by atoms with E-state index < -0.39 is 16.0 Å². The Morgan fingerprint density at radius 3 is 2.36 bits per heavy atom. The van der Waals surface area contributed by atoms with Crippen molar-refractivity contribution in [2.75, 3.05) is 17.8 Å². The van der Waals surface area contributed by atoms with Gasteiger partial charge in [0.2, 0.25) is 0 Å². The molecule has 148 valence electrons. The van der Waals surface area contributed by atoms with E-state index in [0.29, 0.717) is 29.8 Å². The minimum absolute atomic E-state index is 0.0959. The highest BCUT2D eigenvalue weighted by atomic mass is 32.2. The minimum atomic E-state index is -4.02. The van der Waals surface area contributed by atoms with Crippen molar-refractivity contribution in [3.8, 4) is 0 Å². The number of sulfonamides is 1. The van der Waals surface area contributed by atoms with E-state index >= 15 is 0 Å². The number of carboxylic acids is 1. The summed E-state index contributed by atoms with van der Waals surface area (Å²) in [4.78, 5) is 25.5. The van der Waals surface area contributed by atoms with E-state index in [-0.39, 0.29) is 22.1 Å². The number of aromatic carboxylic acids is 1. The second-order valence-corrected chi connectivity index (χ2v) is 8.56. The number of carbonyl (C=O) groups excluding carboxylic acids is 1. The topological polar surface area (TPSA) is 104 Å². The van der Waals surface area contributed by atoms with E-state index in [0.717, 1.165) is 18.9 Å². The van der Waals surface area contributed by atoms with Crippen LogP contribution in [0.2, 0.25) is 0 Å². The molecule has 8 heteroatoms. The Labute approximate surface area is 164 Å². The van der Waals surface area contributed by atoms with E-state index in [2.05, 4.69) is 4.72 Å². The zero-order valence-corrected chi connectivity index (χ0v) is 16.5. The molecule has 2 aromatic rings. The number of carbonyl (C=O) groups is 2. The largest absolute Gasteiger partial charge is 0.478 e. The molecule has 1 aliphatic rings. The Bertz CT molecular complexity index is 1040. The quantitative estimate of drug-likeness (QED) is 0.800. The molecule has 1 saturated heterocycles. The highest BCUT2D eigenvalue weighted by Gasteiger charge is 2.23. The lowest BCUT2D eigenvalue weighted by atomic mass is 10.1. The smallest absolute Gasteiger partial charge is 0.335 e. The first-order valence-corrected chi connectivity index (χ1v) is 10.4. The zero-order valence-electron chi connectivity index (χ0n) is 15.7. The Hall–Kier alpha value is -2.87. The number of hydrogen-bond donors (Lipinski definition) is 2. The predicted octanol–water partition coefficient (Wildman–Crippen LogP) is 3.04. The van der Waals surface area contributed by atoms with Gasteiger partial charge in [0.05, 0.1) is 10.5 Å². The van der Waals surface area contributed by atoms with E-state index in [4.69, 9.17) is 0 Å². The summed E-state index contributed by atoms with van der Waals surface area (Å²) in [5.41, 5.74) is 1.61. The lowest BCUT2D eigenvalue weighted by molar-refractivity contribution is 0.0695. The molecule has 7 nitrogen and oxygen atoms in total. The van der Waals surface area contributed by atoms with Crippen LogP contribution in [0.3, 0.4) is 0 Å². The van der Waals surface area contributed by atoms with Crippen LogP contribution in [0.4, 0.5) is 5.69 Å². The Morgan fingerprint density at radius 2 is 1.71 bits per heavy atom. The van der Waals surface area contributed by atoms with E-state index in [1.54, 1.807) is 36.9 Å². The van der Waals surface area contributed by atoms with E-state index in [9.17, 15) is 23.1 Å². The van der Waals surface area contributed by atoms with Crippen LogP contribution in [0.5, 0.6) is 0 Å². The summed E-state index contributed by atoms with van der Waals surface area (Å²) in [6, 6.07) is 8.91. The third-order valence-corrected chi connectivity index (χ3v) is 6.42. The van der Waals surface area contributed by atoms with Crippen LogP contribution in [0.15, 0.2) is 41.3 Å². The molecule has 0 unspecified atom stereocenters. The van der Waals surface area contributed by atoms with Crippen LogP contribution >= 0.6 is 0 Å². The first kappa shape index (κ1) is 19.9. The molecule has 0 radical (unpaired) electrons. The molecule has 0 atom stereocenters. The number of likely N-dealkylation sites (tertiary alicyclic amines) is 1. The molecule has 3 rings (SSSR count). The van der Waals surface area contributed by atoms with Crippen molar-refractivity contribution in [1.82, 2.24) is 4.90 Å². The number of amides is 1. The molecule has 1 fully saturated rings. The second kappa shape index (κ2) is 7.63. The molecular formula is C20H22N2O5S. The van der Waals surface area contributed by atoms with Gasteiger partial charge in [0.15, 0.2) is 0 Å². The summed E-state index contributed by atoms with van der Waals surface area (Å²) in [5, 5.41) is 9.22. The molecule has 0 bridgehead atoms. The van der Waals surface area contributed by atoms with Gasteiger partial charge in [-0.3, -0.25) is 9.52 Å². The standard InChI is InChI=1S/C20H22N2O5S/c1-13-10-16(20(24)25)12-18(14(13)2)28(26,27)21-17-7-5-6-15(11-17)19(23)22-8-3-4-9-22/h5-7,10-12,21H,3-4,8-9H2,1-2H3,(H,24,25). The third-order valence-electron chi connectivity index (χ3n) is 4.91. The molecule has 28 heavy (non-hydrogen) atoms. The van der Waals surface area contributed by atoms with Crippen LogP contribution in [0.25, 0.3) is 0 Å². The number of anilines is 1. The average molecular weight is 402 g/mol. The number of nitrogens with one attached hydrogen (secondary N) is 1. The number of benzene rings is 2. The first-order valence-electron chi connectivity index (χ1n) is 8.96. The molecule has 2 aromatic carbocycles. The van der Waals surface area contributed by atoms with Gasteiger partial charge < -0.3 is 10.0 Å². The number of rotatable bonds is 5. The summed E-state index contributed by atoms with van der Waals surface area (Å²) in [6.07, 6.45) is 1.94. The summed E-state index contributed by atoms with van der Waals surface area (Å²) >= 11 is 0. The van der Waals surface area contributed by atoms with Crippen molar-refractivity contribution >= 4 is 27.6 Å². The van der Waals surface area contributed by atoms with Gasteiger partial charge in [-0.1, -0.05) is 6.07 Å². The van der Waals surface area contributed by atoms with Crippen molar-refractivity contribution in [3.63, 3.8) is 0 Å². The summed E-state index contributed by atoms with van der Waals surface area (Å²) in [6.45, 7) is 4.70. The van der Waals surface area contributed by atoms with Crippen LogP contribution < -0.4 is 4.72 Å². The number of hydrogen-bond acceptors (Lipinski definition) is 4.